The summed E-state index contributed by atoms with van der Waals surface area (Å²) in [5.41, 5.74) is 3.86. The van der Waals surface area contributed by atoms with Gasteiger partial charge in [0.25, 0.3) is 0 Å². The molecule has 4 aromatic rings. The Balaban J connectivity index is 1.32. The molecular weight excluding hydrogens is 466 g/mol. The van der Waals surface area contributed by atoms with Gasteiger partial charge in [0.2, 0.25) is 5.91 Å². The summed E-state index contributed by atoms with van der Waals surface area (Å²) in [7, 11) is 1.65. The van der Waals surface area contributed by atoms with Crippen LogP contribution in [-0.4, -0.2) is 63.3 Å². The minimum Gasteiger partial charge on any atom is -0.494 e. The lowest BCUT2D eigenvalue weighted by Gasteiger charge is -2.25. The van der Waals surface area contributed by atoms with E-state index in [2.05, 4.69) is 15.0 Å². The van der Waals surface area contributed by atoms with Crippen LogP contribution in [0.15, 0.2) is 91.4 Å². The molecule has 3 heterocycles. The zero-order valence-corrected chi connectivity index (χ0v) is 20.9. The number of ether oxygens (including phenoxy) is 2. The second-order valence-electron chi connectivity index (χ2n) is 9.15. The molecular formula is C29H31N5O3. The first-order chi connectivity index (χ1) is 18.2. The fourth-order valence-electron chi connectivity index (χ4n) is 4.57. The maximum atomic E-state index is 13.3. The van der Waals surface area contributed by atoms with Crippen molar-refractivity contribution in [1.82, 2.24) is 24.6 Å². The molecule has 5 rings (SSSR count). The first-order valence-corrected chi connectivity index (χ1v) is 12.4. The molecule has 1 unspecified atom stereocenters. The van der Waals surface area contributed by atoms with Gasteiger partial charge in [0.1, 0.15) is 11.4 Å². The zero-order valence-electron chi connectivity index (χ0n) is 20.9. The number of para-hydroxylation sites is 2. The predicted octanol–water partition coefficient (Wildman–Crippen LogP) is 3.71. The lowest BCUT2D eigenvalue weighted by Crippen LogP contribution is -2.37. The fourth-order valence-corrected chi connectivity index (χ4v) is 4.57. The van der Waals surface area contributed by atoms with E-state index in [9.17, 15) is 4.79 Å². The number of hydrogen-bond acceptors (Lipinski definition) is 6. The largest absolute Gasteiger partial charge is 0.494 e. The van der Waals surface area contributed by atoms with Crippen molar-refractivity contribution in [1.29, 1.82) is 0 Å². The van der Waals surface area contributed by atoms with Gasteiger partial charge in [0.15, 0.2) is 0 Å². The number of benzene rings is 2. The lowest BCUT2D eigenvalue weighted by molar-refractivity contribution is -0.132. The van der Waals surface area contributed by atoms with Crippen LogP contribution in [-0.2, 0) is 29.2 Å². The number of pyridine rings is 1. The molecule has 1 aliphatic heterocycles. The number of rotatable bonds is 9. The third-order valence-electron chi connectivity index (χ3n) is 6.38. The number of aromatic nitrogens is 3. The van der Waals surface area contributed by atoms with Crippen molar-refractivity contribution in [2.24, 2.45) is 0 Å². The molecule has 8 heteroatoms. The van der Waals surface area contributed by atoms with Crippen molar-refractivity contribution < 1.29 is 14.3 Å². The summed E-state index contributed by atoms with van der Waals surface area (Å²) in [6.07, 6.45) is 5.44. The molecule has 1 aliphatic rings. The van der Waals surface area contributed by atoms with Gasteiger partial charge in [0.05, 0.1) is 38.3 Å². The van der Waals surface area contributed by atoms with Crippen molar-refractivity contribution in [3.05, 3.63) is 108 Å². The third kappa shape index (κ3) is 6.41. The van der Waals surface area contributed by atoms with E-state index in [-0.39, 0.29) is 12.0 Å². The minimum atomic E-state index is -0.151. The van der Waals surface area contributed by atoms with Crippen molar-refractivity contribution in [3.63, 3.8) is 0 Å². The minimum absolute atomic E-state index is 0.0879. The Bertz CT molecular complexity index is 1300. The average molecular weight is 498 g/mol. The number of amides is 1. The maximum absolute atomic E-state index is 13.3. The highest BCUT2D eigenvalue weighted by molar-refractivity contribution is 5.78. The molecule has 0 N–H and O–H groups in total. The van der Waals surface area contributed by atoms with E-state index in [1.54, 1.807) is 13.3 Å². The highest BCUT2D eigenvalue weighted by atomic mass is 16.5. The summed E-state index contributed by atoms with van der Waals surface area (Å²) >= 11 is 0. The Hall–Kier alpha value is -4.01. The van der Waals surface area contributed by atoms with Gasteiger partial charge in [-0.25, -0.2) is 4.68 Å². The number of hydrogen-bond donors (Lipinski definition) is 0. The van der Waals surface area contributed by atoms with E-state index < -0.39 is 0 Å². The molecule has 0 aliphatic carbocycles. The first kappa shape index (κ1) is 24.7. The van der Waals surface area contributed by atoms with Gasteiger partial charge in [-0.1, -0.05) is 48.5 Å². The van der Waals surface area contributed by atoms with Crippen LogP contribution in [0.25, 0.3) is 5.69 Å². The lowest BCUT2D eigenvalue weighted by atomic mass is 10.2. The highest BCUT2D eigenvalue weighted by Gasteiger charge is 2.29. The SMILES string of the molecule is COc1ccccc1-n1cc(CN2CC(=O)N(Cc3ccccc3)CC(OCc3ccccn3)C2)cn1. The molecule has 8 nitrogen and oxygen atoms in total. The number of carbonyl (C=O) groups is 1. The second kappa shape index (κ2) is 11.8. The van der Waals surface area contributed by atoms with Crippen LogP contribution in [0.5, 0.6) is 5.75 Å². The Kier molecular flexibility index (Phi) is 7.88. The van der Waals surface area contributed by atoms with Crippen LogP contribution in [0.4, 0.5) is 0 Å². The third-order valence-corrected chi connectivity index (χ3v) is 6.38. The Morgan fingerprint density at radius 1 is 0.919 bits per heavy atom. The summed E-state index contributed by atoms with van der Waals surface area (Å²) < 4.78 is 13.6. The van der Waals surface area contributed by atoms with Crippen molar-refractivity contribution >= 4 is 5.91 Å². The normalized spacial score (nSPS) is 16.5. The Morgan fingerprint density at radius 2 is 1.73 bits per heavy atom. The molecule has 0 radical (unpaired) electrons. The predicted molar refractivity (Wildman–Crippen MR) is 140 cm³/mol. The molecule has 0 bridgehead atoms. The van der Waals surface area contributed by atoms with Gasteiger partial charge < -0.3 is 14.4 Å². The quantitative estimate of drug-likeness (QED) is 0.351. The molecule has 37 heavy (non-hydrogen) atoms. The first-order valence-electron chi connectivity index (χ1n) is 12.4. The van der Waals surface area contributed by atoms with Gasteiger partial charge in [-0.05, 0) is 29.8 Å². The van der Waals surface area contributed by atoms with Crippen LogP contribution in [0.3, 0.4) is 0 Å². The van der Waals surface area contributed by atoms with E-state index in [1.807, 2.05) is 94.8 Å². The number of methoxy groups -OCH3 is 1. The van der Waals surface area contributed by atoms with Gasteiger partial charge in [-0.3, -0.25) is 14.7 Å². The summed E-state index contributed by atoms with van der Waals surface area (Å²) in [5, 5.41) is 4.54. The summed E-state index contributed by atoms with van der Waals surface area (Å²) in [5.74, 6) is 0.839. The van der Waals surface area contributed by atoms with Crippen LogP contribution in [0.1, 0.15) is 16.8 Å². The molecule has 1 amide bonds. The Labute approximate surface area is 217 Å². The molecule has 0 spiro atoms. The van der Waals surface area contributed by atoms with Crippen LogP contribution in [0, 0.1) is 0 Å². The van der Waals surface area contributed by atoms with E-state index in [0.29, 0.717) is 39.3 Å². The van der Waals surface area contributed by atoms with Gasteiger partial charge in [-0.15, -0.1) is 0 Å². The summed E-state index contributed by atoms with van der Waals surface area (Å²) in [6.45, 7) is 3.02. The number of carbonyl (C=O) groups excluding carboxylic acids is 1. The smallest absolute Gasteiger partial charge is 0.237 e. The maximum Gasteiger partial charge on any atom is 0.237 e. The van der Waals surface area contributed by atoms with Crippen LogP contribution >= 0.6 is 0 Å². The van der Waals surface area contributed by atoms with Crippen molar-refractivity contribution in [3.8, 4) is 11.4 Å². The van der Waals surface area contributed by atoms with E-state index in [0.717, 1.165) is 28.3 Å². The summed E-state index contributed by atoms with van der Waals surface area (Å²) in [6, 6.07) is 23.6. The van der Waals surface area contributed by atoms with E-state index in [4.69, 9.17) is 9.47 Å². The molecule has 1 fully saturated rings. The van der Waals surface area contributed by atoms with E-state index in [1.165, 1.54) is 0 Å². The monoisotopic (exact) mass is 497 g/mol. The fraction of sp³-hybridized carbons (Fsp3) is 0.276. The van der Waals surface area contributed by atoms with Crippen molar-refractivity contribution in [2.45, 2.75) is 25.8 Å². The zero-order chi connectivity index (χ0) is 25.5. The van der Waals surface area contributed by atoms with Crippen LogP contribution in [0.2, 0.25) is 0 Å². The topological polar surface area (TPSA) is 72.7 Å². The molecule has 190 valence electrons. The second-order valence-corrected chi connectivity index (χ2v) is 9.15. The van der Waals surface area contributed by atoms with Crippen LogP contribution < -0.4 is 4.74 Å². The molecule has 1 atom stereocenters. The van der Waals surface area contributed by atoms with Gasteiger partial charge in [0, 0.05) is 44.1 Å². The number of nitrogens with zero attached hydrogens (tertiary/aromatic N) is 5. The average Bonchev–Trinajstić information content (AvgIpc) is 3.34. The summed E-state index contributed by atoms with van der Waals surface area (Å²) in [4.78, 5) is 21.7. The van der Waals surface area contributed by atoms with E-state index >= 15 is 0 Å². The Morgan fingerprint density at radius 3 is 2.54 bits per heavy atom. The molecule has 2 aromatic heterocycles. The standard InChI is InChI=1S/C29H31N5O3/c1-36-28-13-6-5-12-27(28)34-18-24(15-31-34)16-32-19-26(37-22-25-11-7-8-14-30-25)20-33(29(35)21-32)17-23-9-3-2-4-10-23/h2-15,18,26H,16-17,19-22H2,1H3. The van der Waals surface area contributed by atoms with Gasteiger partial charge >= 0.3 is 0 Å². The van der Waals surface area contributed by atoms with Gasteiger partial charge in [-0.2, -0.15) is 5.10 Å². The molecule has 1 saturated heterocycles. The highest BCUT2D eigenvalue weighted by Crippen LogP contribution is 2.22. The molecule has 2 aromatic carbocycles. The molecule has 0 saturated carbocycles. The van der Waals surface area contributed by atoms with Crippen molar-refractivity contribution in [2.75, 3.05) is 26.7 Å².